The lowest BCUT2D eigenvalue weighted by atomic mass is 10.2. The van der Waals surface area contributed by atoms with Crippen LogP contribution in [0.3, 0.4) is 0 Å². The molecule has 70 valence electrons. The Hall–Kier alpha value is -1.71. The van der Waals surface area contributed by atoms with Crippen molar-refractivity contribution in [3.05, 3.63) is 23.8 Å². The quantitative estimate of drug-likeness (QED) is 0.718. The number of nitrogens with zero attached hydrogens (tertiary/aromatic N) is 1. The van der Waals surface area contributed by atoms with Gasteiger partial charge < -0.3 is 15.1 Å². The third kappa shape index (κ3) is 1.90. The molecule has 0 heterocycles. The monoisotopic (exact) mass is 181 g/mol. The summed E-state index contributed by atoms with van der Waals surface area (Å²) in [5, 5.41) is 18.0. The van der Waals surface area contributed by atoms with Gasteiger partial charge in [0.1, 0.15) is 5.75 Å². The predicted octanol–water partition coefficient (Wildman–Crippen LogP) is 1.16. The molecule has 0 aliphatic heterocycles. The van der Waals surface area contributed by atoms with Crippen LogP contribution in [-0.2, 0) is 0 Å². The highest BCUT2D eigenvalue weighted by atomic mass is 16.4. The van der Waals surface area contributed by atoms with Gasteiger partial charge in [-0.25, -0.2) is 4.79 Å². The lowest BCUT2D eigenvalue weighted by Crippen LogP contribution is -2.10. The molecule has 4 nitrogen and oxygen atoms in total. The zero-order chi connectivity index (χ0) is 10.0. The minimum absolute atomic E-state index is 0.0787. The van der Waals surface area contributed by atoms with Crippen LogP contribution in [0.2, 0.25) is 0 Å². The number of carboxylic acid groups (broad SMARTS) is 1. The normalized spacial score (nSPS) is 9.69. The van der Waals surface area contributed by atoms with Gasteiger partial charge in [-0.1, -0.05) is 0 Å². The van der Waals surface area contributed by atoms with Crippen LogP contribution in [-0.4, -0.2) is 30.3 Å². The van der Waals surface area contributed by atoms with Crippen molar-refractivity contribution in [3.63, 3.8) is 0 Å². The van der Waals surface area contributed by atoms with E-state index in [-0.39, 0.29) is 11.3 Å². The molecule has 13 heavy (non-hydrogen) atoms. The van der Waals surface area contributed by atoms with Gasteiger partial charge >= 0.3 is 5.97 Å². The topological polar surface area (TPSA) is 60.8 Å². The number of anilines is 1. The summed E-state index contributed by atoms with van der Waals surface area (Å²) in [6, 6.07) is 4.17. The zero-order valence-electron chi connectivity index (χ0n) is 7.48. The summed E-state index contributed by atoms with van der Waals surface area (Å²) in [4.78, 5) is 12.2. The molecule has 1 aromatic rings. The van der Waals surface area contributed by atoms with Crippen LogP contribution in [0.4, 0.5) is 5.69 Å². The highest BCUT2D eigenvalue weighted by molar-refractivity contribution is 5.89. The van der Waals surface area contributed by atoms with Crippen molar-refractivity contribution >= 4 is 11.7 Å². The molecule has 0 saturated heterocycles. The fourth-order valence-corrected chi connectivity index (χ4v) is 1.01. The van der Waals surface area contributed by atoms with Crippen molar-refractivity contribution in [3.8, 4) is 5.75 Å². The van der Waals surface area contributed by atoms with Gasteiger partial charge in [0.15, 0.2) is 0 Å². The van der Waals surface area contributed by atoms with Gasteiger partial charge in [-0.05, 0) is 18.2 Å². The number of hydrogen-bond donors (Lipinski definition) is 2. The molecule has 0 aliphatic carbocycles. The lowest BCUT2D eigenvalue weighted by molar-refractivity contribution is 0.0697. The third-order valence-electron chi connectivity index (χ3n) is 1.70. The minimum atomic E-state index is -0.997. The molecular formula is C9H11NO3. The highest BCUT2D eigenvalue weighted by Crippen LogP contribution is 2.26. The van der Waals surface area contributed by atoms with E-state index in [9.17, 15) is 9.90 Å². The van der Waals surface area contributed by atoms with Gasteiger partial charge in [-0.2, -0.15) is 0 Å². The summed E-state index contributed by atoms with van der Waals surface area (Å²) >= 11 is 0. The fraction of sp³-hybridized carbons (Fsp3) is 0.222. The zero-order valence-corrected chi connectivity index (χ0v) is 7.48. The van der Waals surface area contributed by atoms with Crippen LogP contribution >= 0.6 is 0 Å². The number of rotatable bonds is 2. The first kappa shape index (κ1) is 9.38. The van der Waals surface area contributed by atoms with E-state index in [0.717, 1.165) is 0 Å². The summed E-state index contributed by atoms with van der Waals surface area (Å²) in [6.45, 7) is 0. The molecule has 0 radical (unpaired) electrons. The van der Waals surface area contributed by atoms with Gasteiger partial charge in [-0.3, -0.25) is 0 Å². The average Bonchev–Trinajstić information content (AvgIpc) is 2.04. The van der Waals surface area contributed by atoms with Crippen molar-refractivity contribution in [2.75, 3.05) is 19.0 Å². The molecule has 0 fully saturated rings. The van der Waals surface area contributed by atoms with Crippen LogP contribution < -0.4 is 4.90 Å². The van der Waals surface area contributed by atoms with Gasteiger partial charge in [-0.15, -0.1) is 0 Å². The lowest BCUT2D eigenvalue weighted by Gasteiger charge is -2.14. The number of phenolic OH excluding ortho intramolecular Hbond substituents is 1. The SMILES string of the molecule is CN(C)c1cc(C(=O)O)ccc1O. The van der Waals surface area contributed by atoms with E-state index in [4.69, 9.17) is 5.11 Å². The second-order valence-corrected chi connectivity index (χ2v) is 2.90. The van der Waals surface area contributed by atoms with E-state index in [0.29, 0.717) is 5.69 Å². The second kappa shape index (κ2) is 3.35. The van der Waals surface area contributed by atoms with Crippen molar-refractivity contribution in [2.45, 2.75) is 0 Å². The van der Waals surface area contributed by atoms with Crippen LogP contribution in [0, 0.1) is 0 Å². The molecule has 1 rings (SSSR count). The maximum atomic E-state index is 10.6. The molecule has 2 N–H and O–H groups in total. The first-order valence-electron chi connectivity index (χ1n) is 3.76. The van der Waals surface area contributed by atoms with Gasteiger partial charge in [0.25, 0.3) is 0 Å². The Balaban J connectivity index is 3.19. The van der Waals surface area contributed by atoms with Crippen molar-refractivity contribution < 1.29 is 15.0 Å². The van der Waals surface area contributed by atoms with Crippen molar-refractivity contribution in [1.29, 1.82) is 0 Å². The van der Waals surface area contributed by atoms with E-state index in [1.165, 1.54) is 18.2 Å². The largest absolute Gasteiger partial charge is 0.506 e. The van der Waals surface area contributed by atoms with E-state index in [1.54, 1.807) is 19.0 Å². The highest BCUT2D eigenvalue weighted by Gasteiger charge is 2.08. The number of benzene rings is 1. The fourth-order valence-electron chi connectivity index (χ4n) is 1.01. The Kier molecular flexibility index (Phi) is 2.41. The Labute approximate surface area is 76.0 Å². The number of aromatic hydroxyl groups is 1. The number of phenols is 1. The van der Waals surface area contributed by atoms with Gasteiger partial charge in [0.05, 0.1) is 11.3 Å². The number of hydrogen-bond acceptors (Lipinski definition) is 3. The molecule has 0 aromatic heterocycles. The molecule has 0 unspecified atom stereocenters. The molecule has 1 aromatic carbocycles. The maximum absolute atomic E-state index is 10.6. The van der Waals surface area contributed by atoms with E-state index in [1.807, 2.05) is 0 Å². The molecule has 0 amide bonds. The first-order chi connectivity index (χ1) is 6.02. The van der Waals surface area contributed by atoms with E-state index in [2.05, 4.69) is 0 Å². The third-order valence-corrected chi connectivity index (χ3v) is 1.70. The number of aromatic carboxylic acids is 1. The Morgan fingerprint density at radius 1 is 1.38 bits per heavy atom. The summed E-state index contributed by atoms with van der Waals surface area (Å²) in [5.41, 5.74) is 0.668. The van der Waals surface area contributed by atoms with Crippen LogP contribution in [0.15, 0.2) is 18.2 Å². The first-order valence-corrected chi connectivity index (χ1v) is 3.76. The Morgan fingerprint density at radius 2 is 2.00 bits per heavy atom. The van der Waals surface area contributed by atoms with E-state index < -0.39 is 5.97 Å². The minimum Gasteiger partial charge on any atom is -0.506 e. The van der Waals surface area contributed by atoms with Crippen molar-refractivity contribution in [2.24, 2.45) is 0 Å². The molecule has 0 bridgehead atoms. The van der Waals surface area contributed by atoms with Crippen molar-refractivity contribution in [1.82, 2.24) is 0 Å². The van der Waals surface area contributed by atoms with Gasteiger partial charge in [0, 0.05) is 14.1 Å². The average molecular weight is 181 g/mol. The predicted molar refractivity (Wildman–Crippen MR) is 49.4 cm³/mol. The molecule has 4 heteroatoms. The Morgan fingerprint density at radius 3 is 2.46 bits per heavy atom. The van der Waals surface area contributed by atoms with Gasteiger partial charge in [0.2, 0.25) is 0 Å². The van der Waals surface area contributed by atoms with Crippen LogP contribution in [0.25, 0.3) is 0 Å². The smallest absolute Gasteiger partial charge is 0.335 e. The molecule has 0 atom stereocenters. The molecule has 0 aliphatic rings. The summed E-state index contributed by atoms with van der Waals surface area (Å²) in [7, 11) is 3.47. The van der Waals surface area contributed by atoms with Crippen LogP contribution in [0.1, 0.15) is 10.4 Å². The number of carbonyl (C=O) groups is 1. The van der Waals surface area contributed by atoms with Crippen LogP contribution in [0.5, 0.6) is 5.75 Å². The summed E-state index contributed by atoms with van der Waals surface area (Å²) in [6.07, 6.45) is 0. The summed E-state index contributed by atoms with van der Waals surface area (Å²) < 4.78 is 0. The molecule has 0 spiro atoms. The second-order valence-electron chi connectivity index (χ2n) is 2.90. The number of carboxylic acids is 1. The standard InChI is InChI=1S/C9H11NO3/c1-10(2)7-5-6(9(12)13)3-4-8(7)11/h3-5,11H,1-2H3,(H,12,13). The summed E-state index contributed by atoms with van der Waals surface area (Å²) in [5.74, 6) is -0.918. The van der Waals surface area contributed by atoms with E-state index >= 15 is 0 Å². The maximum Gasteiger partial charge on any atom is 0.335 e. The molecular weight excluding hydrogens is 170 g/mol. The Bertz CT molecular complexity index is 334. The molecule has 0 saturated carbocycles.